The third-order valence-electron chi connectivity index (χ3n) is 2.75. The molecule has 0 saturated heterocycles. The number of rotatable bonds is 5. The highest BCUT2D eigenvalue weighted by molar-refractivity contribution is 5.85. The maximum absolute atomic E-state index is 5.95. The molecule has 0 radical (unpaired) electrons. The van der Waals surface area contributed by atoms with Crippen molar-refractivity contribution in [3.8, 4) is 0 Å². The maximum atomic E-state index is 5.95. The molecule has 0 aromatic heterocycles. The first-order valence-electron chi connectivity index (χ1n) is 5.19. The molecule has 0 amide bonds. The Labute approximate surface area is 97.2 Å². The smallest absolute Gasteiger partial charge is 0.0716 e. The monoisotopic (exact) mass is 227 g/mol. The molecule has 1 saturated carbocycles. The lowest BCUT2D eigenvalue weighted by molar-refractivity contribution is 0.112. The van der Waals surface area contributed by atoms with Crippen LogP contribution in [-0.4, -0.2) is 12.1 Å². The molecule has 3 heteroatoms. The van der Waals surface area contributed by atoms with Gasteiger partial charge in [0.2, 0.25) is 0 Å². The van der Waals surface area contributed by atoms with Crippen molar-refractivity contribution in [2.45, 2.75) is 31.4 Å². The molecule has 1 aliphatic carbocycles. The van der Waals surface area contributed by atoms with Crippen molar-refractivity contribution >= 4 is 12.4 Å². The number of hydrogen-bond donors (Lipinski definition) is 1. The van der Waals surface area contributed by atoms with Crippen LogP contribution in [-0.2, 0) is 11.3 Å². The molecule has 1 fully saturated rings. The van der Waals surface area contributed by atoms with Gasteiger partial charge in [0.25, 0.3) is 0 Å². The molecule has 0 aliphatic heterocycles. The summed E-state index contributed by atoms with van der Waals surface area (Å²) in [5, 5.41) is 0. The zero-order valence-corrected chi connectivity index (χ0v) is 9.63. The van der Waals surface area contributed by atoms with Crippen molar-refractivity contribution in [3.05, 3.63) is 35.9 Å². The molecule has 0 unspecified atom stereocenters. The lowest BCUT2D eigenvalue weighted by Gasteiger charge is -2.08. The summed E-state index contributed by atoms with van der Waals surface area (Å²) in [6, 6.07) is 10.2. The molecule has 1 aromatic rings. The Bertz CT molecular complexity index is 285. The fourth-order valence-corrected chi connectivity index (χ4v) is 1.45. The van der Waals surface area contributed by atoms with Crippen molar-refractivity contribution in [2.24, 2.45) is 5.73 Å². The van der Waals surface area contributed by atoms with Gasteiger partial charge in [-0.05, 0) is 24.8 Å². The molecule has 0 heterocycles. The second-order valence-corrected chi connectivity index (χ2v) is 4.15. The molecule has 1 aromatic carbocycles. The van der Waals surface area contributed by atoms with Crippen LogP contribution in [0.3, 0.4) is 0 Å². The summed E-state index contributed by atoms with van der Waals surface area (Å²) in [6.07, 6.45) is 3.34. The molecule has 2 nitrogen and oxygen atoms in total. The highest BCUT2D eigenvalue weighted by Crippen LogP contribution is 2.35. The molecule has 2 N–H and O–H groups in total. The molecule has 84 valence electrons. The van der Waals surface area contributed by atoms with Gasteiger partial charge in [-0.1, -0.05) is 30.3 Å². The van der Waals surface area contributed by atoms with Gasteiger partial charge in [-0.3, -0.25) is 0 Å². The number of hydrogen-bond acceptors (Lipinski definition) is 2. The summed E-state index contributed by atoms with van der Waals surface area (Å²) in [6.45, 7) is 1.49. The maximum Gasteiger partial charge on any atom is 0.0716 e. The third kappa shape index (κ3) is 4.20. The Kier molecular flexibility index (Phi) is 4.58. The Morgan fingerprint density at radius 1 is 1.20 bits per heavy atom. The van der Waals surface area contributed by atoms with Crippen LogP contribution in [0.1, 0.15) is 24.8 Å². The van der Waals surface area contributed by atoms with E-state index >= 15 is 0 Å². The predicted octanol–water partition coefficient (Wildman–Crippen LogP) is 2.51. The van der Waals surface area contributed by atoms with Crippen LogP contribution in [0.25, 0.3) is 0 Å². The van der Waals surface area contributed by atoms with Gasteiger partial charge in [-0.15, -0.1) is 12.4 Å². The lowest BCUT2D eigenvalue weighted by atomic mass is 10.2. The van der Waals surface area contributed by atoms with Gasteiger partial charge >= 0.3 is 0 Å². The molecular weight excluding hydrogens is 210 g/mol. The summed E-state index contributed by atoms with van der Waals surface area (Å²) in [5.41, 5.74) is 7.30. The topological polar surface area (TPSA) is 35.2 Å². The van der Waals surface area contributed by atoms with E-state index in [-0.39, 0.29) is 17.9 Å². The van der Waals surface area contributed by atoms with Crippen molar-refractivity contribution in [2.75, 3.05) is 6.61 Å². The van der Waals surface area contributed by atoms with Crippen LogP contribution in [0.2, 0.25) is 0 Å². The average Bonchev–Trinajstić information content (AvgIpc) is 2.94. The van der Waals surface area contributed by atoms with Gasteiger partial charge in [-0.2, -0.15) is 0 Å². The molecule has 0 bridgehead atoms. The standard InChI is InChI=1S/C12H17NO.ClH/c13-12(6-7-12)8-9-14-10-11-4-2-1-3-5-11;/h1-5H,6-10,13H2;1H. The zero-order valence-electron chi connectivity index (χ0n) is 8.82. The zero-order chi connectivity index (χ0) is 9.86. The molecular formula is C12H18ClNO. The minimum atomic E-state index is 0. The molecule has 0 atom stereocenters. The Balaban J connectivity index is 0.00000112. The largest absolute Gasteiger partial charge is 0.377 e. The van der Waals surface area contributed by atoms with Gasteiger partial charge in [-0.25, -0.2) is 0 Å². The quantitative estimate of drug-likeness (QED) is 0.785. The fraction of sp³-hybridized carbons (Fsp3) is 0.500. The SMILES string of the molecule is Cl.NC1(CCOCc2ccccc2)CC1. The number of benzene rings is 1. The van der Waals surface area contributed by atoms with E-state index in [0.717, 1.165) is 13.0 Å². The highest BCUT2D eigenvalue weighted by atomic mass is 35.5. The van der Waals surface area contributed by atoms with Crippen LogP contribution in [0.4, 0.5) is 0 Å². The van der Waals surface area contributed by atoms with Crippen LogP contribution >= 0.6 is 12.4 Å². The van der Waals surface area contributed by atoms with Crippen molar-refractivity contribution in [1.82, 2.24) is 0 Å². The molecule has 0 spiro atoms. The third-order valence-corrected chi connectivity index (χ3v) is 2.75. The van der Waals surface area contributed by atoms with E-state index in [1.807, 2.05) is 18.2 Å². The molecule has 15 heavy (non-hydrogen) atoms. The van der Waals surface area contributed by atoms with E-state index in [0.29, 0.717) is 6.61 Å². The molecule has 1 aliphatic rings. The summed E-state index contributed by atoms with van der Waals surface area (Å²) >= 11 is 0. The van der Waals surface area contributed by atoms with Gasteiger partial charge < -0.3 is 10.5 Å². The fourth-order valence-electron chi connectivity index (χ4n) is 1.45. The van der Waals surface area contributed by atoms with E-state index in [2.05, 4.69) is 12.1 Å². The first-order valence-corrected chi connectivity index (χ1v) is 5.19. The van der Waals surface area contributed by atoms with Gasteiger partial charge in [0.1, 0.15) is 0 Å². The van der Waals surface area contributed by atoms with E-state index in [4.69, 9.17) is 10.5 Å². The average molecular weight is 228 g/mol. The van der Waals surface area contributed by atoms with Crippen LogP contribution < -0.4 is 5.73 Å². The number of halogens is 1. The van der Waals surface area contributed by atoms with Crippen LogP contribution in [0, 0.1) is 0 Å². The second-order valence-electron chi connectivity index (χ2n) is 4.15. The highest BCUT2D eigenvalue weighted by Gasteiger charge is 2.37. The normalized spacial score (nSPS) is 16.9. The minimum Gasteiger partial charge on any atom is -0.377 e. The van der Waals surface area contributed by atoms with Gasteiger partial charge in [0.05, 0.1) is 6.61 Å². The predicted molar refractivity (Wildman–Crippen MR) is 64.1 cm³/mol. The summed E-state index contributed by atoms with van der Waals surface area (Å²) in [5.74, 6) is 0. The van der Waals surface area contributed by atoms with Gasteiger partial charge in [0.15, 0.2) is 0 Å². The van der Waals surface area contributed by atoms with E-state index < -0.39 is 0 Å². The van der Waals surface area contributed by atoms with E-state index in [1.54, 1.807) is 0 Å². The van der Waals surface area contributed by atoms with Gasteiger partial charge in [0, 0.05) is 12.1 Å². The van der Waals surface area contributed by atoms with Crippen LogP contribution in [0.15, 0.2) is 30.3 Å². The Hall–Kier alpha value is -0.570. The summed E-state index contributed by atoms with van der Waals surface area (Å²) < 4.78 is 5.56. The summed E-state index contributed by atoms with van der Waals surface area (Å²) in [4.78, 5) is 0. The lowest BCUT2D eigenvalue weighted by Crippen LogP contribution is -2.23. The van der Waals surface area contributed by atoms with E-state index in [9.17, 15) is 0 Å². The number of nitrogens with two attached hydrogens (primary N) is 1. The van der Waals surface area contributed by atoms with Crippen molar-refractivity contribution in [3.63, 3.8) is 0 Å². The van der Waals surface area contributed by atoms with Crippen molar-refractivity contribution in [1.29, 1.82) is 0 Å². The Morgan fingerprint density at radius 2 is 1.87 bits per heavy atom. The second kappa shape index (κ2) is 5.50. The molecule has 2 rings (SSSR count). The van der Waals surface area contributed by atoms with Crippen LogP contribution in [0.5, 0.6) is 0 Å². The first kappa shape index (κ1) is 12.5. The van der Waals surface area contributed by atoms with Crippen molar-refractivity contribution < 1.29 is 4.74 Å². The minimum absolute atomic E-state index is 0. The first-order chi connectivity index (χ1) is 6.79. The summed E-state index contributed by atoms with van der Waals surface area (Å²) in [7, 11) is 0. The number of ether oxygens (including phenoxy) is 1. The Morgan fingerprint density at radius 3 is 2.47 bits per heavy atom. The van der Waals surface area contributed by atoms with E-state index in [1.165, 1.54) is 18.4 Å².